The normalized spacial score (nSPS) is 35.2. The summed E-state index contributed by atoms with van der Waals surface area (Å²) in [4.78, 5) is 11.2. The molecule has 1 aliphatic heterocycles. The molecule has 0 bridgehead atoms. The summed E-state index contributed by atoms with van der Waals surface area (Å²) in [6.45, 7) is 0. The molecule has 72 valence electrons. The molecule has 2 atom stereocenters. The van der Waals surface area contributed by atoms with E-state index in [1.807, 2.05) is 0 Å². The minimum Gasteiger partial charge on any atom is -0.397 e. The molecule has 0 aromatic heterocycles. The fraction of sp³-hybridized carbons (Fsp3) is 0.625. The second-order valence-corrected chi connectivity index (χ2v) is 3.06. The van der Waals surface area contributed by atoms with Gasteiger partial charge >= 0.3 is 0 Å². The first-order valence-corrected chi connectivity index (χ1v) is 3.93. The molecule has 1 heterocycles. The Balaban J connectivity index is 2.38. The number of methoxy groups -OCH3 is 2. The summed E-state index contributed by atoms with van der Waals surface area (Å²) < 4.78 is 15.4. The van der Waals surface area contributed by atoms with Crippen molar-refractivity contribution in [3.05, 3.63) is 11.8 Å². The number of ketones is 1. The first kappa shape index (κ1) is 8.68. The van der Waals surface area contributed by atoms with Gasteiger partial charge in [0.05, 0.1) is 5.70 Å². The molecule has 2 aliphatic rings. The van der Waals surface area contributed by atoms with Gasteiger partial charge in [0, 0.05) is 20.3 Å². The SMILES string of the molecule is COC1(OC)C(N)=CC(=O)C2OC21. The molecule has 1 aliphatic carbocycles. The molecule has 2 rings (SSSR count). The Morgan fingerprint density at radius 2 is 2.15 bits per heavy atom. The Bertz CT molecular complexity index is 282. The summed E-state index contributed by atoms with van der Waals surface area (Å²) >= 11 is 0. The van der Waals surface area contributed by atoms with E-state index in [1.54, 1.807) is 0 Å². The van der Waals surface area contributed by atoms with Crippen LogP contribution in [-0.4, -0.2) is 38.0 Å². The highest BCUT2D eigenvalue weighted by Crippen LogP contribution is 2.42. The molecule has 0 amide bonds. The van der Waals surface area contributed by atoms with Crippen molar-refractivity contribution >= 4 is 5.78 Å². The maximum atomic E-state index is 11.2. The van der Waals surface area contributed by atoms with E-state index < -0.39 is 11.9 Å². The lowest BCUT2D eigenvalue weighted by Crippen LogP contribution is -2.49. The van der Waals surface area contributed by atoms with Crippen molar-refractivity contribution < 1.29 is 19.0 Å². The standard InChI is InChI=1S/C8H11NO4/c1-11-8(12-2)5(9)3-4(10)6-7(8)13-6/h3,6-7H,9H2,1-2H3. The van der Waals surface area contributed by atoms with Crippen molar-refractivity contribution in [2.45, 2.75) is 18.0 Å². The molecule has 0 saturated carbocycles. The van der Waals surface area contributed by atoms with Crippen LogP contribution in [0.1, 0.15) is 0 Å². The minimum atomic E-state index is -1.07. The van der Waals surface area contributed by atoms with Crippen LogP contribution in [0.2, 0.25) is 0 Å². The van der Waals surface area contributed by atoms with Gasteiger partial charge in [0.15, 0.2) is 18.0 Å². The highest BCUT2D eigenvalue weighted by atomic mass is 16.7. The van der Waals surface area contributed by atoms with Crippen molar-refractivity contribution in [2.75, 3.05) is 14.2 Å². The van der Waals surface area contributed by atoms with E-state index in [9.17, 15) is 4.79 Å². The smallest absolute Gasteiger partial charge is 0.239 e. The maximum Gasteiger partial charge on any atom is 0.239 e. The van der Waals surface area contributed by atoms with E-state index in [2.05, 4.69) is 0 Å². The van der Waals surface area contributed by atoms with E-state index in [0.29, 0.717) is 0 Å². The number of ether oxygens (including phenoxy) is 3. The van der Waals surface area contributed by atoms with Crippen LogP contribution >= 0.6 is 0 Å². The van der Waals surface area contributed by atoms with E-state index in [-0.39, 0.29) is 17.6 Å². The van der Waals surface area contributed by atoms with Crippen LogP contribution < -0.4 is 5.73 Å². The summed E-state index contributed by atoms with van der Waals surface area (Å²) in [5.41, 5.74) is 5.92. The molecule has 13 heavy (non-hydrogen) atoms. The van der Waals surface area contributed by atoms with Crippen LogP contribution in [0.5, 0.6) is 0 Å². The molecule has 0 aromatic rings. The van der Waals surface area contributed by atoms with Gasteiger partial charge in [0.2, 0.25) is 5.79 Å². The Kier molecular flexibility index (Phi) is 1.69. The van der Waals surface area contributed by atoms with Crippen molar-refractivity contribution in [3.63, 3.8) is 0 Å². The zero-order valence-electron chi connectivity index (χ0n) is 7.44. The fourth-order valence-electron chi connectivity index (χ4n) is 1.67. The van der Waals surface area contributed by atoms with Crippen LogP contribution in [0.25, 0.3) is 0 Å². The third-order valence-electron chi connectivity index (χ3n) is 2.45. The summed E-state index contributed by atoms with van der Waals surface area (Å²) in [6.07, 6.45) is 0.480. The average molecular weight is 185 g/mol. The molecule has 0 spiro atoms. The van der Waals surface area contributed by atoms with E-state index in [4.69, 9.17) is 19.9 Å². The largest absolute Gasteiger partial charge is 0.397 e. The molecule has 5 heteroatoms. The molecule has 2 unspecified atom stereocenters. The highest BCUT2D eigenvalue weighted by Gasteiger charge is 2.63. The lowest BCUT2D eigenvalue weighted by atomic mass is 9.97. The van der Waals surface area contributed by atoms with Gasteiger partial charge in [-0.25, -0.2) is 0 Å². The van der Waals surface area contributed by atoms with Crippen LogP contribution in [0, 0.1) is 0 Å². The Labute approximate surface area is 75.4 Å². The monoisotopic (exact) mass is 185 g/mol. The van der Waals surface area contributed by atoms with Gasteiger partial charge in [0.25, 0.3) is 0 Å². The van der Waals surface area contributed by atoms with Gasteiger partial charge in [-0.3, -0.25) is 4.79 Å². The van der Waals surface area contributed by atoms with Crippen LogP contribution in [0.15, 0.2) is 11.8 Å². The number of epoxide rings is 1. The minimum absolute atomic E-state index is 0.118. The number of carbonyl (C=O) groups excluding carboxylic acids is 1. The van der Waals surface area contributed by atoms with Gasteiger partial charge in [-0.15, -0.1) is 0 Å². The number of hydrogen-bond acceptors (Lipinski definition) is 5. The number of fused-ring (bicyclic) bond motifs is 1. The molecule has 2 N–H and O–H groups in total. The molecule has 0 radical (unpaired) electrons. The molecular weight excluding hydrogens is 174 g/mol. The molecule has 0 aromatic carbocycles. The zero-order valence-corrected chi connectivity index (χ0v) is 7.44. The van der Waals surface area contributed by atoms with Gasteiger partial charge in [-0.05, 0) is 0 Å². The number of hydrogen-bond donors (Lipinski definition) is 1. The van der Waals surface area contributed by atoms with E-state index in [0.717, 1.165) is 0 Å². The second kappa shape index (κ2) is 2.54. The van der Waals surface area contributed by atoms with Crippen LogP contribution in [0.4, 0.5) is 0 Å². The summed E-state index contributed by atoms with van der Waals surface area (Å²) in [5, 5.41) is 0. The van der Waals surface area contributed by atoms with Crippen LogP contribution in [-0.2, 0) is 19.0 Å². The fourth-order valence-corrected chi connectivity index (χ4v) is 1.67. The third-order valence-corrected chi connectivity index (χ3v) is 2.45. The number of nitrogens with two attached hydrogens (primary N) is 1. The third kappa shape index (κ3) is 0.948. The zero-order chi connectivity index (χ0) is 9.64. The molecule has 5 nitrogen and oxygen atoms in total. The van der Waals surface area contributed by atoms with Gasteiger partial charge in [-0.2, -0.15) is 0 Å². The first-order valence-electron chi connectivity index (χ1n) is 3.93. The predicted molar refractivity (Wildman–Crippen MR) is 42.7 cm³/mol. The van der Waals surface area contributed by atoms with Crippen molar-refractivity contribution in [1.29, 1.82) is 0 Å². The molecule has 1 saturated heterocycles. The Morgan fingerprint density at radius 1 is 1.54 bits per heavy atom. The first-order chi connectivity index (χ1) is 6.15. The molecular formula is C8H11NO4. The predicted octanol–water partition coefficient (Wildman–Crippen LogP) is -0.832. The second-order valence-electron chi connectivity index (χ2n) is 3.06. The average Bonchev–Trinajstić information content (AvgIpc) is 2.87. The van der Waals surface area contributed by atoms with E-state index >= 15 is 0 Å². The van der Waals surface area contributed by atoms with Gasteiger partial charge < -0.3 is 19.9 Å². The Hall–Kier alpha value is -0.910. The summed E-state index contributed by atoms with van der Waals surface area (Å²) in [6, 6.07) is 0. The highest BCUT2D eigenvalue weighted by molar-refractivity contribution is 5.98. The van der Waals surface area contributed by atoms with Crippen LogP contribution in [0.3, 0.4) is 0 Å². The Morgan fingerprint density at radius 3 is 2.69 bits per heavy atom. The topological polar surface area (TPSA) is 74.1 Å². The van der Waals surface area contributed by atoms with Crippen molar-refractivity contribution in [1.82, 2.24) is 0 Å². The van der Waals surface area contributed by atoms with E-state index in [1.165, 1.54) is 20.3 Å². The van der Waals surface area contributed by atoms with Gasteiger partial charge in [-0.1, -0.05) is 0 Å². The van der Waals surface area contributed by atoms with Crippen molar-refractivity contribution in [3.8, 4) is 0 Å². The summed E-state index contributed by atoms with van der Waals surface area (Å²) in [7, 11) is 2.94. The lowest BCUT2D eigenvalue weighted by molar-refractivity contribution is -0.192. The number of rotatable bonds is 2. The number of carbonyl (C=O) groups is 1. The summed E-state index contributed by atoms with van der Waals surface area (Å²) in [5.74, 6) is -1.19. The lowest BCUT2D eigenvalue weighted by Gasteiger charge is -2.31. The molecule has 1 fully saturated rings. The van der Waals surface area contributed by atoms with Crippen molar-refractivity contribution in [2.24, 2.45) is 5.73 Å². The quantitative estimate of drug-likeness (QED) is 0.449. The van der Waals surface area contributed by atoms with Gasteiger partial charge in [0.1, 0.15) is 0 Å². The maximum absolute atomic E-state index is 11.2.